The Bertz CT molecular complexity index is 852. The second-order valence-electron chi connectivity index (χ2n) is 6.87. The van der Waals surface area contributed by atoms with E-state index in [1.165, 1.54) is 24.3 Å². The summed E-state index contributed by atoms with van der Waals surface area (Å²) in [6.45, 7) is -0.362. The van der Waals surface area contributed by atoms with Crippen molar-refractivity contribution in [1.82, 2.24) is 5.32 Å². The Balaban J connectivity index is 1.92. The summed E-state index contributed by atoms with van der Waals surface area (Å²) in [7, 11) is 0. The lowest BCUT2D eigenvalue weighted by Gasteiger charge is -2.35. The Morgan fingerprint density at radius 3 is 2.10 bits per heavy atom. The Morgan fingerprint density at radius 2 is 1.58 bits per heavy atom. The highest BCUT2D eigenvalue weighted by atomic mass is 19.4. The second-order valence-corrected chi connectivity index (χ2v) is 6.87. The van der Waals surface area contributed by atoms with E-state index >= 15 is 0 Å². The Hall–Kier alpha value is -2.21. The topological polar surface area (TPSA) is 50.7 Å². The molecule has 0 aliphatic carbocycles. The van der Waals surface area contributed by atoms with Gasteiger partial charge in [-0.3, -0.25) is 0 Å². The van der Waals surface area contributed by atoms with Gasteiger partial charge < -0.3 is 19.9 Å². The number of hydrogen-bond donors (Lipinski definition) is 2. The molecule has 3 rings (SSSR count). The standard InChI is InChI=1S/C20H18F7NO3/c21-15-3-1-11(2-4-15)17-18(30-6-5-28-17)31-16(10-29)12-7-13(19(22,23)24)9-14(8-12)20(25,26)27/h1-4,7-9,16-18,28-29H,5-6,10H2/t16-,17?,18?/m1/s1. The number of aliphatic hydroxyl groups excluding tert-OH is 1. The van der Waals surface area contributed by atoms with Gasteiger partial charge in [-0.2, -0.15) is 26.3 Å². The monoisotopic (exact) mass is 453 g/mol. The molecule has 2 N–H and O–H groups in total. The van der Waals surface area contributed by atoms with Gasteiger partial charge in [-0.1, -0.05) is 12.1 Å². The molecule has 0 spiro atoms. The van der Waals surface area contributed by atoms with Crippen LogP contribution in [0.15, 0.2) is 42.5 Å². The summed E-state index contributed by atoms with van der Waals surface area (Å²) in [6.07, 6.45) is -12.7. The summed E-state index contributed by atoms with van der Waals surface area (Å²) in [5.74, 6) is -0.491. The van der Waals surface area contributed by atoms with Crippen molar-refractivity contribution in [3.8, 4) is 0 Å². The van der Waals surface area contributed by atoms with Gasteiger partial charge in [0.2, 0.25) is 0 Å². The molecule has 2 aromatic carbocycles. The normalized spacial score (nSPS) is 21.2. The fraction of sp³-hybridized carbons (Fsp3) is 0.400. The lowest BCUT2D eigenvalue weighted by molar-refractivity contribution is -0.209. The summed E-state index contributed by atoms with van der Waals surface area (Å²) in [4.78, 5) is 0. The Morgan fingerprint density at radius 1 is 1.00 bits per heavy atom. The van der Waals surface area contributed by atoms with Crippen LogP contribution < -0.4 is 5.32 Å². The maximum atomic E-state index is 13.2. The number of benzene rings is 2. The van der Waals surface area contributed by atoms with E-state index in [0.29, 0.717) is 24.2 Å². The van der Waals surface area contributed by atoms with Crippen LogP contribution in [0.25, 0.3) is 0 Å². The van der Waals surface area contributed by atoms with Crippen LogP contribution in [0.4, 0.5) is 30.7 Å². The summed E-state index contributed by atoms with van der Waals surface area (Å²) in [5.41, 5.74) is -3.01. The minimum atomic E-state index is -5.03. The van der Waals surface area contributed by atoms with Gasteiger partial charge in [-0.05, 0) is 41.5 Å². The van der Waals surface area contributed by atoms with E-state index in [9.17, 15) is 35.8 Å². The third kappa shape index (κ3) is 5.73. The molecular formula is C20H18F7NO3. The van der Waals surface area contributed by atoms with Crippen LogP contribution in [-0.2, 0) is 21.8 Å². The van der Waals surface area contributed by atoms with E-state index in [2.05, 4.69) is 5.32 Å². The SMILES string of the molecule is OC[C@@H](OC1OCCNC1c1ccc(F)cc1)c1cc(C(F)(F)F)cc(C(F)(F)F)c1. The average molecular weight is 453 g/mol. The fourth-order valence-electron chi connectivity index (χ4n) is 3.20. The molecule has 11 heteroatoms. The van der Waals surface area contributed by atoms with E-state index in [1.807, 2.05) is 0 Å². The van der Waals surface area contributed by atoms with Gasteiger partial charge in [-0.15, -0.1) is 0 Å². The number of halogens is 7. The smallest absolute Gasteiger partial charge is 0.393 e. The number of ether oxygens (including phenoxy) is 2. The molecular weight excluding hydrogens is 435 g/mol. The molecule has 0 aromatic heterocycles. The van der Waals surface area contributed by atoms with Crippen LogP contribution in [0.3, 0.4) is 0 Å². The van der Waals surface area contributed by atoms with Crippen LogP contribution in [0.1, 0.15) is 34.4 Å². The molecule has 0 amide bonds. The van der Waals surface area contributed by atoms with E-state index in [4.69, 9.17) is 9.47 Å². The fourth-order valence-corrected chi connectivity index (χ4v) is 3.20. The van der Waals surface area contributed by atoms with Gasteiger partial charge in [0.1, 0.15) is 11.9 Å². The molecule has 1 aliphatic heterocycles. The van der Waals surface area contributed by atoms with Crippen LogP contribution in [0.2, 0.25) is 0 Å². The Kier molecular flexibility index (Phi) is 6.89. The molecule has 0 saturated carbocycles. The summed E-state index contributed by atoms with van der Waals surface area (Å²) >= 11 is 0. The first-order chi connectivity index (χ1) is 14.5. The van der Waals surface area contributed by atoms with Crippen molar-refractivity contribution in [3.05, 3.63) is 70.5 Å². The highest BCUT2D eigenvalue weighted by Crippen LogP contribution is 2.38. The largest absolute Gasteiger partial charge is 0.416 e. The van der Waals surface area contributed by atoms with Gasteiger partial charge in [0.15, 0.2) is 6.29 Å². The zero-order valence-corrected chi connectivity index (χ0v) is 15.8. The third-order valence-corrected chi connectivity index (χ3v) is 4.70. The summed E-state index contributed by atoms with van der Waals surface area (Å²) < 4.78 is 103. The first-order valence-corrected chi connectivity index (χ1v) is 9.15. The van der Waals surface area contributed by atoms with E-state index in [-0.39, 0.29) is 12.7 Å². The highest BCUT2D eigenvalue weighted by Gasteiger charge is 2.38. The zero-order chi connectivity index (χ0) is 22.8. The molecule has 1 aliphatic rings. The van der Waals surface area contributed by atoms with Crippen molar-refractivity contribution < 1.29 is 45.3 Å². The molecule has 3 atom stereocenters. The first kappa shape index (κ1) is 23.5. The number of aliphatic hydroxyl groups is 1. The van der Waals surface area contributed by atoms with E-state index < -0.39 is 59.9 Å². The maximum absolute atomic E-state index is 13.2. The van der Waals surface area contributed by atoms with Crippen molar-refractivity contribution in [3.63, 3.8) is 0 Å². The average Bonchev–Trinajstić information content (AvgIpc) is 2.71. The lowest BCUT2D eigenvalue weighted by Crippen LogP contribution is -2.44. The molecule has 1 fully saturated rings. The van der Waals surface area contributed by atoms with Gasteiger partial charge in [-0.25, -0.2) is 4.39 Å². The minimum absolute atomic E-state index is 0.00207. The number of nitrogens with one attached hydrogen (secondary N) is 1. The molecule has 1 heterocycles. The predicted octanol–water partition coefficient (Wildman–Crippen LogP) is 4.60. The summed E-state index contributed by atoms with van der Waals surface area (Å²) in [5, 5.41) is 12.7. The number of alkyl halides is 6. The van der Waals surface area contributed by atoms with Crippen molar-refractivity contribution in [2.45, 2.75) is 30.8 Å². The highest BCUT2D eigenvalue weighted by molar-refractivity contribution is 5.35. The second kappa shape index (κ2) is 9.11. The van der Waals surface area contributed by atoms with Crippen LogP contribution >= 0.6 is 0 Å². The molecule has 0 radical (unpaired) electrons. The van der Waals surface area contributed by atoms with Crippen molar-refractivity contribution in [2.75, 3.05) is 19.8 Å². The molecule has 170 valence electrons. The molecule has 2 unspecified atom stereocenters. The van der Waals surface area contributed by atoms with E-state index in [1.54, 1.807) is 0 Å². The van der Waals surface area contributed by atoms with E-state index in [0.717, 1.165) is 0 Å². The van der Waals surface area contributed by atoms with Crippen molar-refractivity contribution in [1.29, 1.82) is 0 Å². The number of morpholine rings is 1. The Labute approximate surface area is 172 Å². The molecule has 4 nitrogen and oxygen atoms in total. The van der Waals surface area contributed by atoms with Crippen LogP contribution in [0, 0.1) is 5.82 Å². The quantitative estimate of drug-likeness (QED) is 0.650. The molecule has 0 bridgehead atoms. The van der Waals surface area contributed by atoms with Crippen molar-refractivity contribution in [2.24, 2.45) is 0 Å². The molecule has 2 aromatic rings. The predicted molar refractivity (Wildman–Crippen MR) is 94.2 cm³/mol. The zero-order valence-electron chi connectivity index (χ0n) is 15.8. The van der Waals surface area contributed by atoms with Gasteiger partial charge in [0.05, 0.1) is 30.4 Å². The van der Waals surface area contributed by atoms with Crippen LogP contribution in [-0.4, -0.2) is 31.2 Å². The van der Waals surface area contributed by atoms with Gasteiger partial charge in [0, 0.05) is 6.54 Å². The lowest BCUT2D eigenvalue weighted by atomic mass is 10.0. The number of rotatable bonds is 5. The third-order valence-electron chi connectivity index (χ3n) is 4.70. The first-order valence-electron chi connectivity index (χ1n) is 9.15. The van der Waals surface area contributed by atoms with Gasteiger partial charge >= 0.3 is 12.4 Å². The summed E-state index contributed by atoms with van der Waals surface area (Å²) in [6, 6.07) is 5.58. The molecule has 31 heavy (non-hydrogen) atoms. The minimum Gasteiger partial charge on any atom is -0.393 e. The maximum Gasteiger partial charge on any atom is 0.416 e. The van der Waals surface area contributed by atoms with Crippen molar-refractivity contribution >= 4 is 0 Å². The van der Waals surface area contributed by atoms with Crippen LogP contribution in [0.5, 0.6) is 0 Å². The number of hydrogen-bond acceptors (Lipinski definition) is 4. The molecule has 1 saturated heterocycles. The van der Waals surface area contributed by atoms with Gasteiger partial charge in [0.25, 0.3) is 0 Å².